The fourth-order valence-corrected chi connectivity index (χ4v) is 2.05. The third kappa shape index (κ3) is 4.46. The maximum absolute atomic E-state index is 11.0. The van der Waals surface area contributed by atoms with E-state index in [1.807, 2.05) is 30.3 Å². The minimum absolute atomic E-state index is 0.125. The van der Waals surface area contributed by atoms with E-state index in [0.29, 0.717) is 13.1 Å². The quantitative estimate of drug-likeness (QED) is 0.775. The Bertz CT molecular complexity index is 622. The molecular weight excluding hydrogens is 264 g/mol. The Labute approximate surface area is 112 Å². The summed E-state index contributed by atoms with van der Waals surface area (Å²) in [6.07, 6.45) is 2.89. The number of nitrogens with one attached hydrogen (secondary N) is 1. The highest BCUT2D eigenvalue weighted by atomic mass is 32.2. The van der Waals surface area contributed by atoms with Crippen LogP contribution < -0.4 is 5.32 Å². The fourth-order valence-electron chi connectivity index (χ4n) is 1.54. The van der Waals surface area contributed by atoms with Crippen molar-refractivity contribution in [3.63, 3.8) is 0 Å². The van der Waals surface area contributed by atoms with Crippen LogP contribution in [0, 0.1) is 0 Å². The van der Waals surface area contributed by atoms with Crippen LogP contribution >= 0.6 is 0 Å². The van der Waals surface area contributed by atoms with E-state index < -0.39 is 9.84 Å². The molecule has 1 heterocycles. The zero-order valence-electron chi connectivity index (χ0n) is 10.7. The minimum atomic E-state index is -2.92. The lowest BCUT2D eigenvalue weighted by Gasteiger charge is -2.01. The first-order valence-electron chi connectivity index (χ1n) is 5.90. The summed E-state index contributed by atoms with van der Waals surface area (Å²) in [7, 11) is -2.92. The number of rotatable bonds is 6. The summed E-state index contributed by atoms with van der Waals surface area (Å²) in [5.74, 6) is 0.125. The average Bonchev–Trinajstić information content (AvgIpc) is 2.83. The van der Waals surface area contributed by atoms with Gasteiger partial charge in [0.15, 0.2) is 0 Å². The predicted octanol–water partition coefficient (Wildman–Crippen LogP) is 0.401. The van der Waals surface area contributed by atoms with Crippen molar-refractivity contribution in [2.45, 2.75) is 6.54 Å². The van der Waals surface area contributed by atoms with Crippen LogP contribution in [0.1, 0.15) is 5.69 Å². The maximum atomic E-state index is 11.0. The standard InChI is InChI=1S/C12H16N4O2S/c1-19(17,18)8-7-13-9-11-10-14-16(15-11)12-5-3-2-4-6-12/h2-6,10,13H,7-9H2,1H3. The molecule has 1 N–H and O–H groups in total. The van der Waals surface area contributed by atoms with Crippen molar-refractivity contribution in [1.82, 2.24) is 20.3 Å². The first-order chi connectivity index (χ1) is 9.04. The molecule has 1 aromatic carbocycles. The monoisotopic (exact) mass is 280 g/mol. The Morgan fingerprint density at radius 3 is 2.68 bits per heavy atom. The van der Waals surface area contributed by atoms with Gasteiger partial charge in [0.05, 0.1) is 23.3 Å². The van der Waals surface area contributed by atoms with Gasteiger partial charge in [-0.1, -0.05) is 18.2 Å². The van der Waals surface area contributed by atoms with Crippen LogP contribution in [0.25, 0.3) is 5.69 Å². The third-order valence-corrected chi connectivity index (χ3v) is 3.43. The molecule has 0 aliphatic heterocycles. The van der Waals surface area contributed by atoms with Crippen molar-refractivity contribution in [3.05, 3.63) is 42.2 Å². The third-order valence-electron chi connectivity index (χ3n) is 2.48. The van der Waals surface area contributed by atoms with Gasteiger partial charge in [-0.2, -0.15) is 15.0 Å². The minimum Gasteiger partial charge on any atom is -0.310 e. The van der Waals surface area contributed by atoms with Gasteiger partial charge in [0, 0.05) is 19.3 Å². The molecule has 2 rings (SSSR count). The van der Waals surface area contributed by atoms with Gasteiger partial charge in [-0.3, -0.25) is 0 Å². The molecule has 0 spiro atoms. The van der Waals surface area contributed by atoms with Crippen molar-refractivity contribution < 1.29 is 8.42 Å². The average molecular weight is 280 g/mol. The second kappa shape index (κ2) is 5.94. The van der Waals surface area contributed by atoms with Gasteiger partial charge in [-0.15, -0.1) is 0 Å². The summed E-state index contributed by atoms with van der Waals surface area (Å²) >= 11 is 0. The van der Waals surface area contributed by atoms with Crippen molar-refractivity contribution in [2.75, 3.05) is 18.6 Å². The van der Waals surface area contributed by atoms with Crippen molar-refractivity contribution in [2.24, 2.45) is 0 Å². The number of hydrogen-bond donors (Lipinski definition) is 1. The van der Waals surface area contributed by atoms with E-state index in [2.05, 4.69) is 15.5 Å². The second-order valence-corrected chi connectivity index (χ2v) is 6.53. The van der Waals surface area contributed by atoms with Gasteiger partial charge in [0.1, 0.15) is 9.84 Å². The lowest BCUT2D eigenvalue weighted by molar-refractivity contribution is 0.595. The van der Waals surface area contributed by atoms with Gasteiger partial charge in [-0.05, 0) is 12.1 Å². The molecule has 0 aliphatic rings. The normalized spacial score (nSPS) is 11.6. The van der Waals surface area contributed by atoms with Crippen LogP contribution in [0.15, 0.2) is 36.5 Å². The van der Waals surface area contributed by atoms with Crippen molar-refractivity contribution >= 4 is 9.84 Å². The molecule has 102 valence electrons. The molecule has 0 aliphatic carbocycles. The number of nitrogens with zero attached hydrogens (tertiary/aromatic N) is 3. The molecule has 0 saturated heterocycles. The Hall–Kier alpha value is -1.73. The first-order valence-corrected chi connectivity index (χ1v) is 7.96. The number of sulfone groups is 1. The van der Waals surface area contributed by atoms with Crippen LogP contribution in [0.5, 0.6) is 0 Å². The van der Waals surface area contributed by atoms with E-state index in [-0.39, 0.29) is 5.75 Å². The Kier molecular flexibility index (Phi) is 4.28. The van der Waals surface area contributed by atoms with Gasteiger partial charge in [0.2, 0.25) is 0 Å². The molecule has 0 saturated carbocycles. The van der Waals surface area contributed by atoms with E-state index >= 15 is 0 Å². The molecule has 0 unspecified atom stereocenters. The van der Waals surface area contributed by atoms with Crippen LogP contribution in [-0.2, 0) is 16.4 Å². The highest BCUT2D eigenvalue weighted by molar-refractivity contribution is 7.90. The second-order valence-electron chi connectivity index (χ2n) is 4.27. The fraction of sp³-hybridized carbons (Fsp3) is 0.333. The summed E-state index contributed by atoms with van der Waals surface area (Å²) in [5, 5.41) is 11.5. The van der Waals surface area contributed by atoms with Crippen LogP contribution in [0.3, 0.4) is 0 Å². The Balaban J connectivity index is 1.88. The molecule has 6 nitrogen and oxygen atoms in total. The molecule has 19 heavy (non-hydrogen) atoms. The maximum Gasteiger partial charge on any atom is 0.148 e. The van der Waals surface area contributed by atoms with Crippen molar-refractivity contribution in [3.8, 4) is 5.69 Å². The molecule has 7 heteroatoms. The highest BCUT2D eigenvalue weighted by Gasteiger charge is 2.04. The highest BCUT2D eigenvalue weighted by Crippen LogP contribution is 2.03. The number of benzene rings is 1. The Morgan fingerprint density at radius 1 is 1.26 bits per heavy atom. The molecule has 0 radical (unpaired) electrons. The summed E-state index contributed by atoms with van der Waals surface area (Å²) < 4.78 is 21.9. The molecule has 0 fully saturated rings. The smallest absolute Gasteiger partial charge is 0.148 e. The van der Waals surface area contributed by atoms with Crippen molar-refractivity contribution in [1.29, 1.82) is 0 Å². The summed E-state index contributed by atoms with van der Waals surface area (Å²) in [6, 6.07) is 9.60. The lowest BCUT2D eigenvalue weighted by Crippen LogP contribution is -2.22. The first kappa shape index (κ1) is 13.7. The van der Waals surface area contributed by atoms with Crippen LogP contribution in [-0.4, -0.2) is 42.0 Å². The van der Waals surface area contributed by atoms with Crippen LogP contribution in [0.2, 0.25) is 0 Å². The van der Waals surface area contributed by atoms with Gasteiger partial charge in [-0.25, -0.2) is 8.42 Å². The number of para-hydroxylation sites is 1. The molecule has 1 aromatic heterocycles. The zero-order valence-corrected chi connectivity index (χ0v) is 11.5. The van der Waals surface area contributed by atoms with Gasteiger partial charge in [0.25, 0.3) is 0 Å². The number of hydrogen-bond acceptors (Lipinski definition) is 5. The molecule has 0 atom stereocenters. The SMILES string of the molecule is CS(=O)(=O)CCNCc1cnn(-c2ccccc2)n1. The van der Waals surface area contributed by atoms with Gasteiger partial charge >= 0.3 is 0 Å². The van der Waals surface area contributed by atoms with E-state index in [9.17, 15) is 8.42 Å². The zero-order chi connectivity index (χ0) is 13.7. The van der Waals surface area contributed by atoms with E-state index in [4.69, 9.17) is 0 Å². The Morgan fingerprint density at radius 2 is 2.00 bits per heavy atom. The number of aromatic nitrogens is 3. The van der Waals surface area contributed by atoms with E-state index in [1.54, 1.807) is 11.0 Å². The topological polar surface area (TPSA) is 76.9 Å². The molecule has 0 bridgehead atoms. The molecule has 2 aromatic rings. The van der Waals surface area contributed by atoms with E-state index in [0.717, 1.165) is 11.4 Å². The van der Waals surface area contributed by atoms with Gasteiger partial charge < -0.3 is 5.32 Å². The summed E-state index contributed by atoms with van der Waals surface area (Å²) in [6.45, 7) is 0.916. The largest absolute Gasteiger partial charge is 0.310 e. The summed E-state index contributed by atoms with van der Waals surface area (Å²) in [4.78, 5) is 1.55. The van der Waals surface area contributed by atoms with E-state index in [1.165, 1.54) is 6.26 Å². The van der Waals surface area contributed by atoms with Crippen LogP contribution in [0.4, 0.5) is 0 Å². The molecule has 0 amide bonds. The predicted molar refractivity (Wildman–Crippen MR) is 72.8 cm³/mol. The summed E-state index contributed by atoms with van der Waals surface area (Å²) in [5.41, 5.74) is 1.67. The molecular formula is C12H16N4O2S. The lowest BCUT2D eigenvalue weighted by atomic mass is 10.3.